The summed E-state index contributed by atoms with van der Waals surface area (Å²) in [6, 6.07) is 6.97. The number of hydrogen-bond acceptors (Lipinski definition) is 6. The summed E-state index contributed by atoms with van der Waals surface area (Å²) < 4.78 is 12.0. The highest BCUT2D eigenvalue weighted by atomic mass is 16.5. The molecule has 0 saturated carbocycles. The summed E-state index contributed by atoms with van der Waals surface area (Å²) >= 11 is 0. The number of nitrogens with one attached hydrogen (secondary N) is 1. The molecule has 23 heavy (non-hydrogen) atoms. The third-order valence-corrected chi connectivity index (χ3v) is 5.37. The Kier molecular flexibility index (Phi) is 2.74. The molecule has 2 aromatic rings. The molecule has 3 fully saturated rings. The molecule has 2 bridgehead atoms. The third-order valence-electron chi connectivity index (χ3n) is 5.37. The second kappa shape index (κ2) is 4.71. The second-order valence-electron chi connectivity index (χ2n) is 6.95. The first-order valence-corrected chi connectivity index (χ1v) is 8.30. The highest BCUT2D eigenvalue weighted by molar-refractivity contribution is 5.89. The first-order chi connectivity index (χ1) is 11.2. The van der Waals surface area contributed by atoms with E-state index in [0.717, 1.165) is 29.8 Å². The number of hydrogen-bond donors (Lipinski definition) is 1. The van der Waals surface area contributed by atoms with Crippen molar-refractivity contribution < 1.29 is 9.15 Å². The maximum Gasteiger partial charge on any atom is 0.303 e. The highest BCUT2D eigenvalue weighted by Crippen LogP contribution is 2.40. The van der Waals surface area contributed by atoms with E-state index in [1.807, 2.05) is 25.1 Å². The Hall–Kier alpha value is -2.08. The molecule has 1 spiro atoms. The van der Waals surface area contributed by atoms with Crippen molar-refractivity contribution in [3.05, 3.63) is 23.8 Å². The van der Waals surface area contributed by atoms with E-state index < -0.39 is 0 Å². The van der Waals surface area contributed by atoms with Crippen LogP contribution in [0.3, 0.4) is 0 Å². The van der Waals surface area contributed by atoms with Crippen molar-refractivity contribution in [1.29, 1.82) is 0 Å². The van der Waals surface area contributed by atoms with Crippen molar-refractivity contribution in [3.8, 4) is 0 Å². The fourth-order valence-corrected chi connectivity index (χ4v) is 4.12. The molecule has 6 rings (SSSR count). The predicted octanol–water partition coefficient (Wildman–Crippen LogP) is 2.40. The van der Waals surface area contributed by atoms with Crippen LogP contribution in [0.1, 0.15) is 18.4 Å². The third kappa shape index (κ3) is 2.12. The van der Waals surface area contributed by atoms with Gasteiger partial charge in [0.1, 0.15) is 11.1 Å². The van der Waals surface area contributed by atoms with Crippen LogP contribution in [0, 0.1) is 12.8 Å². The summed E-state index contributed by atoms with van der Waals surface area (Å²) in [5.41, 5.74) is 2.64. The van der Waals surface area contributed by atoms with Gasteiger partial charge in [0, 0.05) is 12.5 Å². The minimum absolute atomic E-state index is 0.137. The summed E-state index contributed by atoms with van der Waals surface area (Å²) in [6.07, 6.45) is 2.43. The molecule has 120 valence electrons. The number of aromatic nitrogens is 1. The van der Waals surface area contributed by atoms with Gasteiger partial charge in [-0.05, 0) is 50.6 Å². The minimum atomic E-state index is -0.137. The molecule has 4 aliphatic heterocycles. The first-order valence-electron chi connectivity index (χ1n) is 8.30. The van der Waals surface area contributed by atoms with Crippen LogP contribution in [-0.2, 0) is 4.74 Å². The Bertz CT molecular complexity index is 791. The van der Waals surface area contributed by atoms with E-state index >= 15 is 0 Å². The summed E-state index contributed by atoms with van der Waals surface area (Å²) in [4.78, 5) is 11.5. The van der Waals surface area contributed by atoms with Gasteiger partial charge >= 0.3 is 6.01 Å². The lowest BCUT2D eigenvalue weighted by Crippen LogP contribution is -2.61. The van der Waals surface area contributed by atoms with Crippen molar-refractivity contribution in [2.45, 2.75) is 25.4 Å². The molecule has 6 heteroatoms. The van der Waals surface area contributed by atoms with Gasteiger partial charge in [0.15, 0.2) is 5.58 Å². The molecule has 4 aliphatic rings. The Morgan fingerprint density at radius 1 is 1.30 bits per heavy atom. The smallest absolute Gasteiger partial charge is 0.303 e. The molecule has 6 nitrogen and oxygen atoms in total. The summed E-state index contributed by atoms with van der Waals surface area (Å²) in [5, 5.41) is 3.11. The molecule has 1 aromatic carbocycles. The van der Waals surface area contributed by atoms with E-state index in [2.05, 4.69) is 20.2 Å². The van der Waals surface area contributed by atoms with Gasteiger partial charge in [-0.2, -0.15) is 4.98 Å². The Labute approximate surface area is 134 Å². The number of ether oxygens (including phenoxy) is 1. The quantitative estimate of drug-likeness (QED) is 0.876. The molecule has 3 saturated heterocycles. The zero-order chi connectivity index (χ0) is 15.4. The van der Waals surface area contributed by atoms with E-state index in [1.54, 1.807) is 0 Å². The van der Waals surface area contributed by atoms with Crippen LogP contribution in [0.15, 0.2) is 27.6 Å². The van der Waals surface area contributed by atoms with Crippen molar-refractivity contribution in [2.24, 2.45) is 10.9 Å². The summed E-state index contributed by atoms with van der Waals surface area (Å²) in [6.45, 7) is 6.15. The molecule has 1 aromatic heterocycles. The zero-order valence-electron chi connectivity index (χ0n) is 13.2. The number of benzene rings is 1. The fraction of sp³-hybridized carbons (Fsp3) is 0.529. The SMILES string of the molecule is Cc1ccc2nc(NC3=NCC4(CN5CCC4CC5)O3)oc2c1. The van der Waals surface area contributed by atoms with Gasteiger partial charge in [0.2, 0.25) is 0 Å². The maximum atomic E-state index is 6.24. The fourth-order valence-electron chi connectivity index (χ4n) is 4.12. The number of rotatable bonds is 1. The van der Waals surface area contributed by atoms with E-state index in [9.17, 15) is 0 Å². The van der Waals surface area contributed by atoms with Crippen LogP contribution in [0.2, 0.25) is 0 Å². The van der Waals surface area contributed by atoms with Crippen molar-refractivity contribution in [1.82, 2.24) is 9.88 Å². The summed E-state index contributed by atoms with van der Waals surface area (Å²) in [7, 11) is 0. The number of fused-ring (bicyclic) bond motifs is 3. The Morgan fingerprint density at radius 2 is 2.17 bits per heavy atom. The predicted molar refractivity (Wildman–Crippen MR) is 87.7 cm³/mol. The van der Waals surface area contributed by atoms with E-state index in [-0.39, 0.29) is 5.60 Å². The molecule has 0 aliphatic carbocycles. The van der Waals surface area contributed by atoms with E-state index in [4.69, 9.17) is 9.15 Å². The molecule has 1 atom stereocenters. The number of piperidine rings is 3. The van der Waals surface area contributed by atoms with E-state index in [1.165, 1.54) is 25.9 Å². The largest absolute Gasteiger partial charge is 0.455 e. The molecule has 1 N–H and O–H groups in total. The number of nitrogens with zero attached hydrogens (tertiary/aromatic N) is 3. The van der Waals surface area contributed by atoms with Gasteiger partial charge in [-0.25, -0.2) is 4.99 Å². The van der Waals surface area contributed by atoms with Gasteiger partial charge in [0.25, 0.3) is 6.02 Å². The molecule has 1 unspecified atom stereocenters. The standard InChI is InChI=1S/C17H20N4O2/c1-11-2-3-13-14(8-11)22-16(19-13)20-15-18-9-17(23-15)10-21-6-4-12(17)5-7-21/h2-3,8,12H,4-7,9-10H2,1H3,(H,18,19,20). The average Bonchev–Trinajstić information content (AvgIpc) is 3.12. The highest BCUT2D eigenvalue weighted by Gasteiger charge is 2.51. The molecule has 0 amide bonds. The second-order valence-corrected chi connectivity index (χ2v) is 6.95. The monoisotopic (exact) mass is 312 g/mol. The van der Waals surface area contributed by atoms with Crippen LogP contribution in [-0.4, -0.2) is 47.7 Å². The van der Waals surface area contributed by atoms with Crippen LogP contribution in [0.5, 0.6) is 0 Å². The lowest BCUT2D eigenvalue weighted by atomic mass is 9.75. The van der Waals surface area contributed by atoms with Gasteiger partial charge in [-0.15, -0.1) is 0 Å². The van der Waals surface area contributed by atoms with Crippen LogP contribution < -0.4 is 5.32 Å². The number of oxazole rings is 1. The van der Waals surface area contributed by atoms with Gasteiger partial charge in [-0.1, -0.05) is 6.07 Å². The summed E-state index contributed by atoms with van der Waals surface area (Å²) in [5.74, 6) is 0.613. The topological polar surface area (TPSA) is 62.9 Å². The van der Waals surface area contributed by atoms with E-state index in [0.29, 0.717) is 18.0 Å². The normalized spacial score (nSPS) is 32.3. The van der Waals surface area contributed by atoms with Crippen molar-refractivity contribution in [3.63, 3.8) is 0 Å². The maximum absolute atomic E-state index is 6.24. The minimum Gasteiger partial charge on any atom is -0.455 e. The molecule has 0 radical (unpaired) electrons. The first kappa shape index (κ1) is 13.4. The Balaban J connectivity index is 1.35. The van der Waals surface area contributed by atoms with Crippen molar-refractivity contribution >= 4 is 23.1 Å². The zero-order valence-corrected chi connectivity index (χ0v) is 13.2. The molecule has 5 heterocycles. The van der Waals surface area contributed by atoms with Crippen molar-refractivity contribution in [2.75, 3.05) is 31.5 Å². The molecular formula is C17H20N4O2. The van der Waals surface area contributed by atoms with Crippen LogP contribution in [0.4, 0.5) is 6.01 Å². The number of amidine groups is 1. The van der Waals surface area contributed by atoms with Gasteiger partial charge in [-0.3, -0.25) is 10.2 Å². The lowest BCUT2D eigenvalue weighted by molar-refractivity contribution is -0.0829. The number of aliphatic imine (C=N–C) groups is 1. The number of anilines is 1. The molecular weight excluding hydrogens is 292 g/mol. The van der Waals surface area contributed by atoms with Gasteiger partial charge < -0.3 is 9.15 Å². The van der Waals surface area contributed by atoms with Gasteiger partial charge in [0.05, 0.1) is 6.54 Å². The number of aryl methyl sites for hydroxylation is 1. The van der Waals surface area contributed by atoms with Crippen LogP contribution >= 0.6 is 0 Å². The average molecular weight is 312 g/mol. The van der Waals surface area contributed by atoms with Crippen LogP contribution in [0.25, 0.3) is 11.1 Å². The lowest BCUT2D eigenvalue weighted by Gasteiger charge is -2.50. The Morgan fingerprint density at radius 3 is 2.96 bits per heavy atom.